The molecular formula is C14H18N10O4. The van der Waals surface area contributed by atoms with Gasteiger partial charge in [0, 0.05) is 0 Å². The molecule has 0 saturated carbocycles. The predicted octanol–water partition coefficient (Wildman–Crippen LogP) is -0.0444. The molecule has 2 aromatic heterocycles. The molecule has 1 fully saturated rings. The molecule has 2 aromatic rings. The van der Waals surface area contributed by atoms with Gasteiger partial charge in [0.05, 0.1) is 40.3 Å². The summed E-state index contributed by atoms with van der Waals surface area (Å²) in [6.07, 6.45) is 5.35. The Morgan fingerprint density at radius 1 is 0.857 bits per heavy atom. The van der Waals surface area contributed by atoms with Crippen molar-refractivity contribution in [2.45, 2.75) is 0 Å². The lowest BCUT2D eigenvalue weighted by Crippen LogP contribution is -2.41. The van der Waals surface area contributed by atoms with Gasteiger partial charge < -0.3 is 20.2 Å². The second-order valence-corrected chi connectivity index (χ2v) is 5.98. The quantitative estimate of drug-likeness (QED) is 0.378. The second kappa shape index (κ2) is 7.81. The van der Waals surface area contributed by atoms with Crippen LogP contribution in [-0.4, -0.2) is 77.6 Å². The molecule has 1 aliphatic heterocycles. The van der Waals surface area contributed by atoms with Crippen molar-refractivity contribution >= 4 is 24.1 Å². The van der Waals surface area contributed by atoms with Gasteiger partial charge in [-0.3, -0.25) is 10.0 Å². The van der Waals surface area contributed by atoms with E-state index in [1.54, 1.807) is 14.1 Å². The topological polar surface area (TPSA) is 153 Å². The Morgan fingerprint density at radius 2 is 1.21 bits per heavy atom. The van der Waals surface area contributed by atoms with Crippen molar-refractivity contribution in [3.05, 3.63) is 44.3 Å². The summed E-state index contributed by atoms with van der Waals surface area (Å²) in [5.74, 6) is 0.581. The highest BCUT2D eigenvalue weighted by Crippen LogP contribution is 2.12. The largest absolute Gasteiger partial charge is 0.358 e. The van der Waals surface area contributed by atoms with Gasteiger partial charge in [-0.05, 0) is 9.85 Å². The Morgan fingerprint density at radius 3 is 1.50 bits per heavy atom. The molecule has 3 rings (SSSR count). The molecule has 0 N–H and O–H groups in total. The van der Waals surface area contributed by atoms with Crippen molar-refractivity contribution in [3.63, 3.8) is 0 Å². The van der Waals surface area contributed by atoms with E-state index in [1.807, 2.05) is 10.0 Å². The number of hydrogen-bond acceptors (Lipinski definition) is 10. The molecule has 148 valence electrons. The van der Waals surface area contributed by atoms with Gasteiger partial charge in [-0.15, -0.1) is 0 Å². The molecule has 0 atom stereocenters. The fraction of sp³-hybridized carbons (Fsp3) is 0.429. The molecule has 0 radical (unpaired) electrons. The minimum Gasteiger partial charge on any atom is -0.358 e. The molecule has 0 aromatic carbocycles. The third-order valence-corrected chi connectivity index (χ3v) is 4.28. The van der Waals surface area contributed by atoms with E-state index in [2.05, 4.69) is 20.2 Å². The van der Waals surface area contributed by atoms with Gasteiger partial charge in [0.25, 0.3) is 0 Å². The van der Waals surface area contributed by atoms with E-state index in [9.17, 15) is 20.2 Å². The summed E-state index contributed by atoms with van der Waals surface area (Å²) in [5, 5.41) is 33.9. The lowest BCUT2D eigenvalue weighted by Gasteiger charge is -2.30. The first-order chi connectivity index (χ1) is 13.4. The SMILES string of the molecule is Cn1c([N+](=O)[O-])cnc1/C=N\N1CCN(/N=C/c2ncc([N+](=O)[O-])n2C)CC1. The Hall–Kier alpha value is -3.84. The smallest absolute Gasteiger partial charge is 0.342 e. The normalized spacial score (nSPS) is 15.1. The van der Waals surface area contributed by atoms with E-state index in [4.69, 9.17) is 0 Å². The zero-order valence-corrected chi connectivity index (χ0v) is 15.2. The lowest BCUT2D eigenvalue weighted by atomic mass is 10.4. The van der Waals surface area contributed by atoms with Crippen LogP contribution in [0.5, 0.6) is 0 Å². The summed E-state index contributed by atoms with van der Waals surface area (Å²) in [6.45, 7) is 2.39. The van der Waals surface area contributed by atoms with Crippen molar-refractivity contribution in [1.29, 1.82) is 0 Å². The minimum absolute atomic E-state index is 0.102. The lowest BCUT2D eigenvalue weighted by molar-refractivity contribution is -0.391. The van der Waals surface area contributed by atoms with Crippen LogP contribution in [0.3, 0.4) is 0 Å². The van der Waals surface area contributed by atoms with Crippen LogP contribution in [0.1, 0.15) is 11.6 Å². The summed E-state index contributed by atoms with van der Waals surface area (Å²) in [4.78, 5) is 28.6. The van der Waals surface area contributed by atoms with Gasteiger partial charge in [-0.25, -0.2) is 19.1 Å². The molecule has 0 spiro atoms. The van der Waals surface area contributed by atoms with Crippen molar-refractivity contribution in [2.75, 3.05) is 26.2 Å². The third kappa shape index (κ3) is 3.94. The van der Waals surface area contributed by atoms with E-state index in [1.165, 1.54) is 34.0 Å². The van der Waals surface area contributed by atoms with E-state index in [0.717, 1.165) is 0 Å². The summed E-state index contributed by atoms with van der Waals surface area (Å²) in [6, 6.07) is 0. The van der Waals surface area contributed by atoms with Gasteiger partial charge >= 0.3 is 11.6 Å². The fourth-order valence-electron chi connectivity index (χ4n) is 2.59. The van der Waals surface area contributed by atoms with Crippen LogP contribution in [0.4, 0.5) is 11.6 Å². The molecule has 0 unspecified atom stereocenters. The first-order valence-electron chi connectivity index (χ1n) is 8.27. The van der Waals surface area contributed by atoms with E-state index < -0.39 is 9.85 Å². The number of nitrogens with zero attached hydrogens (tertiary/aromatic N) is 10. The van der Waals surface area contributed by atoms with Crippen LogP contribution >= 0.6 is 0 Å². The van der Waals surface area contributed by atoms with E-state index in [0.29, 0.717) is 37.8 Å². The van der Waals surface area contributed by atoms with E-state index >= 15 is 0 Å². The Balaban J connectivity index is 1.55. The molecule has 0 bridgehead atoms. The van der Waals surface area contributed by atoms with Crippen LogP contribution in [0, 0.1) is 20.2 Å². The second-order valence-electron chi connectivity index (χ2n) is 5.98. The first-order valence-corrected chi connectivity index (χ1v) is 8.27. The standard InChI is InChI=1S/C14H18N10O4/c1-19-11(15-9-13(19)23(25)26)7-17-21-3-5-22(6-4-21)18-8-12-16-10-14(20(12)2)24(27)28/h7-10H,3-6H2,1-2H3/b17-7-,18-8+. The average Bonchev–Trinajstić information content (AvgIpc) is 3.22. The molecule has 14 heteroatoms. The van der Waals surface area contributed by atoms with Crippen LogP contribution in [0.25, 0.3) is 0 Å². The number of hydrogen-bond donors (Lipinski definition) is 0. The molecule has 14 nitrogen and oxygen atoms in total. The summed E-state index contributed by atoms with van der Waals surface area (Å²) in [5.41, 5.74) is 0. The summed E-state index contributed by atoms with van der Waals surface area (Å²) < 4.78 is 2.71. The van der Waals surface area contributed by atoms with Crippen molar-refractivity contribution < 1.29 is 9.85 Å². The number of imidazole rings is 2. The maximum absolute atomic E-state index is 10.8. The Kier molecular flexibility index (Phi) is 5.28. The van der Waals surface area contributed by atoms with Gasteiger partial charge in [-0.2, -0.15) is 10.2 Å². The van der Waals surface area contributed by atoms with Gasteiger partial charge in [0.15, 0.2) is 0 Å². The number of nitro groups is 2. The van der Waals surface area contributed by atoms with Crippen molar-refractivity contribution in [1.82, 2.24) is 29.1 Å². The Labute approximate surface area is 158 Å². The maximum atomic E-state index is 10.8. The van der Waals surface area contributed by atoms with Gasteiger partial charge in [0.1, 0.15) is 24.8 Å². The number of rotatable bonds is 6. The molecule has 28 heavy (non-hydrogen) atoms. The molecule has 1 saturated heterocycles. The number of hydrazone groups is 2. The third-order valence-electron chi connectivity index (χ3n) is 4.28. The van der Waals surface area contributed by atoms with Crippen LogP contribution in [0.15, 0.2) is 22.6 Å². The van der Waals surface area contributed by atoms with Gasteiger partial charge in [0.2, 0.25) is 11.6 Å². The molecule has 0 aliphatic carbocycles. The van der Waals surface area contributed by atoms with E-state index in [-0.39, 0.29) is 11.6 Å². The predicted molar refractivity (Wildman–Crippen MR) is 98.1 cm³/mol. The summed E-state index contributed by atoms with van der Waals surface area (Å²) in [7, 11) is 3.11. The van der Waals surface area contributed by atoms with Crippen LogP contribution in [0.2, 0.25) is 0 Å². The average molecular weight is 390 g/mol. The van der Waals surface area contributed by atoms with Crippen LogP contribution < -0.4 is 0 Å². The number of piperazine rings is 1. The molecule has 0 amide bonds. The van der Waals surface area contributed by atoms with Crippen molar-refractivity contribution in [2.24, 2.45) is 24.3 Å². The fourth-order valence-corrected chi connectivity index (χ4v) is 2.59. The highest BCUT2D eigenvalue weighted by atomic mass is 16.6. The first kappa shape index (κ1) is 18.9. The molecule has 1 aliphatic rings. The number of aromatic nitrogens is 4. The molecular weight excluding hydrogens is 372 g/mol. The highest BCUT2D eigenvalue weighted by Gasteiger charge is 2.18. The zero-order chi connectivity index (χ0) is 20.3. The molecule has 3 heterocycles. The minimum atomic E-state index is -0.503. The summed E-state index contributed by atoms with van der Waals surface area (Å²) >= 11 is 0. The Bertz CT molecular complexity index is 862. The zero-order valence-electron chi connectivity index (χ0n) is 15.2. The van der Waals surface area contributed by atoms with Crippen LogP contribution in [-0.2, 0) is 14.1 Å². The highest BCUT2D eigenvalue weighted by molar-refractivity contribution is 5.75. The van der Waals surface area contributed by atoms with Crippen molar-refractivity contribution in [3.8, 4) is 0 Å². The monoisotopic (exact) mass is 390 g/mol. The van der Waals surface area contributed by atoms with Gasteiger partial charge in [-0.1, -0.05) is 0 Å². The maximum Gasteiger partial charge on any atom is 0.342 e.